The molecule has 2 aromatic carbocycles. The molecule has 164 valence electrons. The molecule has 2 atom stereocenters. The van der Waals surface area contributed by atoms with Crippen LogP contribution >= 0.6 is 11.6 Å². The van der Waals surface area contributed by atoms with Crippen LogP contribution in [0.4, 0.5) is 0 Å². The lowest BCUT2D eigenvalue weighted by atomic mass is 9.81. The maximum Gasteiger partial charge on any atom is 0.126 e. The fourth-order valence-corrected chi connectivity index (χ4v) is 5.44. The molecule has 2 aliphatic rings. The average molecular weight is 441 g/mol. The minimum Gasteiger partial charge on any atom is -0.487 e. The number of fused-ring (bicyclic) bond motifs is 2. The number of piperidine rings is 1. The Kier molecular flexibility index (Phi) is 5.25. The van der Waals surface area contributed by atoms with Crippen molar-refractivity contribution in [2.75, 3.05) is 19.6 Å². The Morgan fingerprint density at radius 2 is 1.97 bits per heavy atom. The highest BCUT2D eigenvalue weighted by atomic mass is 35.5. The van der Waals surface area contributed by atoms with E-state index >= 15 is 0 Å². The summed E-state index contributed by atoms with van der Waals surface area (Å²) in [6.45, 7) is 6.22. The van der Waals surface area contributed by atoms with Crippen molar-refractivity contribution in [3.63, 3.8) is 0 Å². The van der Waals surface area contributed by atoms with E-state index in [4.69, 9.17) is 16.3 Å². The first-order valence-electron chi connectivity index (χ1n) is 11.0. The molecule has 0 unspecified atom stereocenters. The summed E-state index contributed by atoms with van der Waals surface area (Å²) < 4.78 is 6.46. The summed E-state index contributed by atoms with van der Waals surface area (Å²) in [5, 5.41) is 23.5. The second-order valence-electron chi connectivity index (χ2n) is 9.17. The molecule has 5 nitrogen and oxygen atoms in total. The number of likely N-dealkylation sites (tertiary alicyclic amines) is 1. The monoisotopic (exact) mass is 440 g/mol. The van der Waals surface area contributed by atoms with Crippen LogP contribution in [0, 0.1) is 13.8 Å². The van der Waals surface area contributed by atoms with Crippen molar-refractivity contribution in [2.24, 2.45) is 0 Å². The van der Waals surface area contributed by atoms with Gasteiger partial charge in [0.25, 0.3) is 0 Å². The zero-order chi connectivity index (χ0) is 21.8. The van der Waals surface area contributed by atoms with E-state index in [1.54, 1.807) is 0 Å². The molecule has 0 saturated carbocycles. The molecular weight excluding hydrogens is 412 g/mol. The summed E-state index contributed by atoms with van der Waals surface area (Å²) in [7, 11) is 0. The summed E-state index contributed by atoms with van der Waals surface area (Å²) in [4.78, 5) is 5.68. The van der Waals surface area contributed by atoms with Crippen LogP contribution in [0.25, 0.3) is 10.9 Å². The fourth-order valence-electron chi connectivity index (χ4n) is 5.27. The number of aromatic nitrogens is 1. The van der Waals surface area contributed by atoms with Crippen molar-refractivity contribution in [1.29, 1.82) is 0 Å². The topological polar surface area (TPSA) is 68.7 Å². The molecule has 2 aliphatic heterocycles. The fraction of sp³-hybridized carbons (Fsp3) is 0.440. The predicted octanol–water partition coefficient (Wildman–Crippen LogP) is 4.82. The van der Waals surface area contributed by atoms with Gasteiger partial charge in [-0.1, -0.05) is 29.8 Å². The standard InChI is InChI=1S/C25H29ClN2O3/c1-15-11-23-18(12-19(15)26)21(29)13-25(31-23)7-9-28(10-8-25)14-22(30)24-16(2)27-20-6-4-3-5-17(20)24/h3-6,11-12,21-22,27,29-30H,7-10,13-14H2,1-2H3/t21-,22+/m0/s1. The summed E-state index contributed by atoms with van der Waals surface area (Å²) in [6, 6.07) is 11.9. The van der Waals surface area contributed by atoms with Gasteiger partial charge in [-0.3, -0.25) is 0 Å². The van der Waals surface area contributed by atoms with Crippen LogP contribution in [-0.2, 0) is 0 Å². The minimum absolute atomic E-state index is 0.356. The van der Waals surface area contributed by atoms with Crippen LogP contribution in [0.3, 0.4) is 0 Å². The van der Waals surface area contributed by atoms with Crippen LogP contribution in [-0.4, -0.2) is 45.3 Å². The lowest BCUT2D eigenvalue weighted by Gasteiger charge is -2.46. The van der Waals surface area contributed by atoms with E-state index in [1.165, 1.54) is 0 Å². The van der Waals surface area contributed by atoms with E-state index in [2.05, 4.69) is 16.0 Å². The van der Waals surface area contributed by atoms with Crippen molar-refractivity contribution in [3.8, 4) is 5.75 Å². The van der Waals surface area contributed by atoms with E-state index in [0.717, 1.165) is 65.0 Å². The van der Waals surface area contributed by atoms with Gasteiger partial charge in [0.15, 0.2) is 0 Å². The molecule has 0 aliphatic carbocycles. The van der Waals surface area contributed by atoms with Gasteiger partial charge in [-0.05, 0) is 50.5 Å². The molecule has 1 aromatic heterocycles. The van der Waals surface area contributed by atoms with Crippen molar-refractivity contribution in [3.05, 3.63) is 63.8 Å². The lowest BCUT2D eigenvalue weighted by molar-refractivity contribution is -0.0587. The van der Waals surface area contributed by atoms with Gasteiger partial charge in [-0.25, -0.2) is 0 Å². The van der Waals surface area contributed by atoms with Crippen LogP contribution in [0.5, 0.6) is 5.75 Å². The van der Waals surface area contributed by atoms with Gasteiger partial charge >= 0.3 is 0 Å². The van der Waals surface area contributed by atoms with Gasteiger partial charge < -0.3 is 24.8 Å². The number of β-amino-alcohol motifs (C(OH)–C–C–N with tert-alkyl or cyclic N) is 1. The lowest BCUT2D eigenvalue weighted by Crippen LogP contribution is -2.51. The minimum atomic E-state index is -0.562. The Balaban J connectivity index is 1.28. The van der Waals surface area contributed by atoms with E-state index in [-0.39, 0.29) is 5.60 Å². The molecule has 6 heteroatoms. The molecule has 3 aromatic rings. The summed E-state index contributed by atoms with van der Waals surface area (Å²) >= 11 is 6.25. The molecule has 1 fully saturated rings. The Hall–Kier alpha value is -2.05. The van der Waals surface area contributed by atoms with E-state index in [1.807, 2.05) is 44.2 Å². The number of aliphatic hydroxyl groups is 2. The zero-order valence-electron chi connectivity index (χ0n) is 18.0. The number of halogens is 1. The predicted molar refractivity (Wildman–Crippen MR) is 123 cm³/mol. The molecule has 0 radical (unpaired) electrons. The molecule has 1 spiro atoms. The first-order valence-corrected chi connectivity index (χ1v) is 11.4. The number of rotatable bonds is 3. The second kappa shape index (κ2) is 7.82. The average Bonchev–Trinajstić information content (AvgIpc) is 3.07. The number of nitrogens with zero attached hydrogens (tertiary/aromatic N) is 1. The number of benzene rings is 2. The van der Waals surface area contributed by atoms with Crippen LogP contribution < -0.4 is 4.74 Å². The number of ether oxygens (including phenoxy) is 1. The Labute approximate surface area is 187 Å². The Morgan fingerprint density at radius 3 is 2.74 bits per heavy atom. The van der Waals surface area contributed by atoms with Crippen LogP contribution in [0.2, 0.25) is 5.02 Å². The molecule has 5 rings (SSSR count). The number of hydrogen-bond acceptors (Lipinski definition) is 4. The maximum absolute atomic E-state index is 11.0. The molecule has 0 bridgehead atoms. The molecule has 0 amide bonds. The Morgan fingerprint density at radius 1 is 1.23 bits per heavy atom. The van der Waals surface area contributed by atoms with E-state index in [0.29, 0.717) is 18.0 Å². The van der Waals surface area contributed by atoms with Crippen molar-refractivity contribution >= 4 is 22.5 Å². The van der Waals surface area contributed by atoms with Crippen molar-refractivity contribution in [1.82, 2.24) is 9.88 Å². The van der Waals surface area contributed by atoms with Gasteiger partial charge in [0.05, 0.1) is 12.2 Å². The molecule has 3 heterocycles. The van der Waals surface area contributed by atoms with Crippen LogP contribution in [0.1, 0.15) is 53.9 Å². The van der Waals surface area contributed by atoms with E-state index in [9.17, 15) is 10.2 Å². The SMILES string of the molecule is Cc1cc2c(cc1Cl)[C@@H](O)CC1(CCN(C[C@@H](O)c3c(C)[nH]c4ccccc34)CC1)O2. The van der Waals surface area contributed by atoms with Crippen molar-refractivity contribution < 1.29 is 14.9 Å². The number of para-hydroxylation sites is 1. The number of aliphatic hydroxyl groups excluding tert-OH is 2. The van der Waals surface area contributed by atoms with Gasteiger partial charge in [0, 0.05) is 58.8 Å². The normalized spacial score (nSPS) is 21.8. The number of nitrogens with one attached hydrogen (secondary N) is 1. The molecule has 3 N–H and O–H groups in total. The van der Waals surface area contributed by atoms with Gasteiger partial charge in [-0.15, -0.1) is 0 Å². The molecular formula is C25H29ClN2O3. The largest absolute Gasteiger partial charge is 0.487 e. The third kappa shape index (κ3) is 3.74. The van der Waals surface area contributed by atoms with E-state index < -0.39 is 12.2 Å². The quantitative estimate of drug-likeness (QED) is 0.546. The number of H-pyrrole nitrogens is 1. The maximum atomic E-state index is 11.0. The van der Waals surface area contributed by atoms with Gasteiger partial charge in [0.2, 0.25) is 0 Å². The third-order valence-electron chi connectivity index (χ3n) is 7.02. The van der Waals surface area contributed by atoms with Gasteiger partial charge in [-0.2, -0.15) is 0 Å². The third-order valence-corrected chi connectivity index (χ3v) is 7.42. The molecule has 31 heavy (non-hydrogen) atoms. The molecule has 1 saturated heterocycles. The summed E-state index contributed by atoms with van der Waals surface area (Å²) in [5.74, 6) is 0.753. The highest BCUT2D eigenvalue weighted by Gasteiger charge is 2.43. The summed E-state index contributed by atoms with van der Waals surface area (Å²) in [5.41, 5.74) is 4.46. The first kappa shape index (κ1) is 20.8. The van der Waals surface area contributed by atoms with Crippen LogP contribution in [0.15, 0.2) is 36.4 Å². The van der Waals surface area contributed by atoms with Crippen molar-refractivity contribution in [2.45, 2.75) is 50.9 Å². The second-order valence-corrected chi connectivity index (χ2v) is 9.58. The number of hydrogen-bond donors (Lipinski definition) is 3. The number of aromatic amines is 1. The number of aryl methyl sites for hydroxylation is 2. The Bertz CT molecular complexity index is 1120. The first-order chi connectivity index (χ1) is 14.8. The highest BCUT2D eigenvalue weighted by Crippen LogP contribution is 2.46. The zero-order valence-corrected chi connectivity index (χ0v) is 18.7. The highest BCUT2D eigenvalue weighted by molar-refractivity contribution is 6.31. The van der Waals surface area contributed by atoms with Gasteiger partial charge in [0.1, 0.15) is 11.4 Å². The summed E-state index contributed by atoms with van der Waals surface area (Å²) in [6.07, 6.45) is 1.12. The smallest absolute Gasteiger partial charge is 0.126 e.